The third-order valence-corrected chi connectivity index (χ3v) is 3.47. The lowest BCUT2D eigenvalue weighted by Crippen LogP contribution is -2.16. The number of alkyl halides is 1. The maximum absolute atomic E-state index is 13.5. The van der Waals surface area contributed by atoms with E-state index >= 15 is 0 Å². The second kappa shape index (κ2) is 6.46. The van der Waals surface area contributed by atoms with Crippen molar-refractivity contribution < 1.29 is 9.13 Å². The molecule has 0 saturated heterocycles. The lowest BCUT2D eigenvalue weighted by molar-refractivity contribution is 0.0473. The molecule has 122 valence electrons. The number of nitrogens with zero attached hydrogens (tertiary/aromatic N) is 3. The second-order valence-corrected chi connectivity index (χ2v) is 6.45. The summed E-state index contributed by atoms with van der Waals surface area (Å²) in [6.07, 6.45) is 7.38. The lowest BCUT2D eigenvalue weighted by Gasteiger charge is -2.17. The predicted octanol–water partition coefficient (Wildman–Crippen LogP) is 3.20. The average molecular weight is 342 g/mol. The highest BCUT2D eigenvalue weighted by atomic mass is 31.0. The molecule has 0 spiro atoms. The van der Waals surface area contributed by atoms with Crippen molar-refractivity contribution in [2.45, 2.75) is 19.1 Å². The topological polar surface area (TPSA) is 55.7 Å². The maximum atomic E-state index is 13.5. The number of benzene rings is 1. The van der Waals surface area contributed by atoms with Crippen LogP contribution in [0.15, 0.2) is 42.6 Å². The molecule has 0 aliphatic rings. The summed E-state index contributed by atoms with van der Waals surface area (Å²) >= 11 is 0. The molecule has 2 aromatic heterocycles. The van der Waals surface area contributed by atoms with Crippen molar-refractivity contribution >= 4 is 9.24 Å². The SMILES string of the molecule is C#Cc1n[nH]nc1-c1cccn1Cc1ccc(OC(C)(F)P)cc1. The van der Waals surface area contributed by atoms with Crippen LogP contribution >= 0.6 is 9.24 Å². The van der Waals surface area contributed by atoms with Crippen LogP contribution in [0.4, 0.5) is 4.39 Å². The van der Waals surface area contributed by atoms with Gasteiger partial charge >= 0.3 is 0 Å². The molecule has 2 heterocycles. The molecule has 0 bridgehead atoms. The Balaban J connectivity index is 1.81. The van der Waals surface area contributed by atoms with E-state index in [9.17, 15) is 4.39 Å². The van der Waals surface area contributed by atoms with Gasteiger partial charge in [-0.25, -0.2) is 0 Å². The largest absolute Gasteiger partial charge is 0.455 e. The van der Waals surface area contributed by atoms with E-state index in [1.807, 2.05) is 44.3 Å². The van der Waals surface area contributed by atoms with Gasteiger partial charge in [0, 0.05) is 19.7 Å². The molecule has 0 amide bonds. The zero-order chi connectivity index (χ0) is 17.2. The predicted molar refractivity (Wildman–Crippen MR) is 93.1 cm³/mol. The van der Waals surface area contributed by atoms with E-state index in [0.29, 0.717) is 23.7 Å². The third kappa shape index (κ3) is 3.64. The van der Waals surface area contributed by atoms with Gasteiger partial charge in [-0.2, -0.15) is 14.7 Å². The second-order valence-electron chi connectivity index (χ2n) is 5.42. The van der Waals surface area contributed by atoms with Crippen LogP contribution < -0.4 is 4.74 Å². The molecule has 7 heteroatoms. The minimum atomic E-state index is -1.78. The Kier molecular flexibility index (Phi) is 4.37. The monoisotopic (exact) mass is 342 g/mol. The normalized spacial score (nSPS) is 13.2. The van der Waals surface area contributed by atoms with Gasteiger partial charge in [-0.15, -0.1) is 11.5 Å². The summed E-state index contributed by atoms with van der Waals surface area (Å²) in [7, 11) is 2.01. The summed E-state index contributed by atoms with van der Waals surface area (Å²) in [6.45, 7) is 1.95. The van der Waals surface area contributed by atoms with Gasteiger partial charge < -0.3 is 9.30 Å². The number of nitrogens with one attached hydrogen (secondary N) is 1. The lowest BCUT2D eigenvalue weighted by atomic mass is 10.2. The van der Waals surface area contributed by atoms with Crippen molar-refractivity contribution in [2.75, 3.05) is 0 Å². The van der Waals surface area contributed by atoms with Crippen molar-refractivity contribution in [3.63, 3.8) is 0 Å². The number of hydrogen-bond donors (Lipinski definition) is 1. The fourth-order valence-electron chi connectivity index (χ4n) is 2.37. The first kappa shape index (κ1) is 16.2. The van der Waals surface area contributed by atoms with Crippen LogP contribution in [0.3, 0.4) is 0 Å². The molecule has 0 aliphatic carbocycles. The van der Waals surface area contributed by atoms with Crippen molar-refractivity contribution in [2.24, 2.45) is 0 Å². The highest BCUT2D eigenvalue weighted by Gasteiger charge is 2.17. The molecule has 0 fully saturated rings. The number of aromatic amines is 1. The fourth-order valence-corrected chi connectivity index (χ4v) is 2.50. The molecular weight excluding hydrogens is 326 g/mol. The Hall–Kier alpha value is -2.64. The van der Waals surface area contributed by atoms with E-state index in [-0.39, 0.29) is 0 Å². The molecular formula is C17H16FN4OP. The van der Waals surface area contributed by atoms with Crippen molar-refractivity contribution in [1.29, 1.82) is 0 Å². The van der Waals surface area contributed by atoms with Crippen LogP contribution in [-0.4, -0.2) is 25.6 Å². The minimum Gasteiger partial charge on any atom is -0.455 e. The first-order valence-electron chi connectivity index (χ1n) is 7.25. The first-order valence-corrected chi connectivity index (χ1v) is 7.82. The van der Waals surface area contributed by atoms with Crippen LogP contribution in [0.5, 0.6) is 5.75 Å². The van der Waals surface area contributed by atoms with Gasteiger partial charge in [0.15, 0.2) is 5.69 Å². The number of hydrogen-bond acceptors (Lipinski definition) is 3. The fraction of sp³-hybridized carbons (Fsp3) is 0.176. The van der Waals surface area contributed by atoms with Crippen LogP contribution in [0.25, 0.3) is 11.4 Å². The van der Waals surface area contributed by atoms with Gasteiger partial charge in [-0.1, -0.05) is 21.4 Å². The molecule has 2 unspecified atom stereocenters. The van der Waals surface area contributed by atoms with Gasteiger partial charge in [-0.3, -0.25) is 0 Å². The molecule has 5 nitrogen and oxygen atoms in total. The number of H-pyrrole nitrogens is 1. The summed E-state index contributed by atoms with van der Waals surface area (Å²) in [5.74, 6) is 2.98. The van der Waals surface area contributed by atoms with Gasteiger partial charge in [-0.05, 0) is 35.7 Å². The Morgan fingerprint density at radius 1 is 1.33 bits per heavy atom. The molecule has 0 saturated carbocycles. The first-order chi connectivity index (χ1) is 11.5. The molecule has 3 rings (SSSR count). The minimum absolute atomic E-state index is 0.470. The standard InChI is InChI=1S/C17H16FN4OP/c1-3-14-16(20-21-19-14)15-5-4-10-22(15)11-12-6-8-13(9-7-12)23-17(2,18)24/h1,4-10H,11,24H2,2H3,(H,19,20,21). The summed E-state index contributed by atoms with van der Waals surface area (Å²) in [5.41, 5.74) is 1.24. The summed E-state index contributed by atoms with van der Waals surface area (Å²) in [4.78, 5) is 0. The highest BCUT2D eigenvalue weighted by Crippen LogP contribution is 2.26. The quantitative estimate of drug-likeness (QED) is 0.572. The van der Waals surface area contributed by atoms with Crippen LogP contribution in [-0.2, 0) is 6.54 Å². The molecule has 2 atom stereocenters. The van der Waals surface area contributed by atoms with E-state index in [1.165, 1.54) is 6.92 Å². The van der Waals surface area contributed by atoms with E-state index in [1.54, 1.807) is 12.1 Å². The van der Waals surface area contributed by atoms with Gasteiger partial charge in [0.2, 0.25) is 0 Å². The van der Waals surface area contributed by atoms with Gasteiger partial charge in [0.25, 0.3) is 5.60 Å². The Morgan fingerprint density at radius 3 is 2.75 bits per heavy atom. The number of aromatic nitrogens is 4. The number of halogens is 1. The van der Waals surface area contributed by atoms with Crippen LogP contribution in [0.1, 0.15) is 18.2 Å². The molecule has 1 N–H and O–H groups in total. The van der Waals surface area contributed by atoms with Gasteiger partial charge in [0.1, 0.15) is 11.4 Å². The number of ether oxygens (including phenoxy) is 1. The van der Waals surface area contributed by atoms with Crippen molar-refractivity contribution in [3.8, 4) is 29.5 Å². The van der Waals surface area contributed by atoms with Gasteiger partial charge in [0.05, 0.1) is 5.69 Å². The Labute approximate surface area is 141 Å². The molecule has 3 aromatic rings. The van der Waals surface area contributed by atoms with E-state index in [4.69, 9.17) is 11.2 Å². The zero-order valence-electron chi connectivity index (χ0n) is 13.0. The smallest absolute Gasteiger partial charge is 0.256 e. The molecule has 24 heavy (non-hydrogen) atoms. The third-order valence-electron chi connectivity index (χ3n) is 3.35. The van der Waals surface area contributed by atoms with E-state index in [2.05, 4.69) is 21.3 Å². The average Bonchev–Trinajstić information content (AvgIpc) is 3.15. The summed E-state index contributed by atoms with van der Waals surface area (Å²) in [5, 5.41) is 10.6. The Morgan fingerprint density at radius 2 is 2.08 bits per heavy atom. The maximum Gasteiger partial charge on any atom is 0.256 e. The number of terminal acetylenes is 1. The molecule has 0 radical (unpaired) electrons. The van der Waals surface area contributed by atoms with Crippen molar-refractivity contribution in [3.05, 3.63) is 53.9 Å². The highest BCUT2D eigenvalue weighted by molar-refractivity contribution is 7.18. The van der Waals surface area contributed by atoms with E-state index < -0.39 is 5.60 Å². The molecule has 1 aromatic carbocycles. The Bertz CT molecular complexity index is 871. The summed E-state index contributed by atoms with van der Waals surface area (Å²) in [6, 6.07) is 11.1. The van der Waals surface area contributed by atoms with E-state index in [0.717, 1.165) is 11.3 Å². The van der Waals surface area contributed by atoms with Crippen molar-refractivity contribution in [1.82, 2.24) is 20.0 Å². The zero-order valence-corrected chi connectivity index (χ0v) is 14.2. The summed E-state index contributed by atoms with van der Waals surface area (Å²) < 4.78 is 20.6. The molecule has 0 aliphatic heterocycles. The van der Waals surface area contributed by atoms with Crippen LogP contribution in [0, 0.1) is 12.3 Å². The number of rotatable bonds is 5. The van der Waals surface area contributed by atoms with Crippen LogP contribution in [0.2, 0.25) is 0 Å².